The van der Waals surface area contributed by atoms with Crippen molar-refractivity contribution in [2.45, 2.75) is 70.7 Å². The van der Waals surface area contributed by atoms with Crippen LogP contribution in [0.5, 0.6) is 0 Å². The third-order valence-corrected chi connectivity index (χ3v) is 3.55. The zero-order chi connectivity index (χ0) is 13.2. The molecule has 0 bridgehead atoms. The molecule has 1 N–H and O–H groups in total. The number of hydrogen-bond donors (Lipinski definition) is 1. The summed E-state index contributed by atoms with van der Waals surface area (Å²) in [5.41, 5.74) is 0. The molecule has 2 unspecified atom stereocenters. The van der Waals surface area contributed by atoms with E-state index in [9.17, 15) is 5.11 Å². The van der Waals surface area contributed by atoms with Crippen molar-refractivity contribution < 1.29 is 5.11 Å². The van der Waals surface area contributed by atoms with Crippen LogP contribution >= 0.6 is 0 Å². The lowest BCUT2D eigenvalue weighted by molar-refractivity contribution is 0.00710. The van der Waals surface area contributed by atoms with E-state index in [1.807, 2.05) is 24.1 Å². The molecule has 0 aromatic carbocycles. The van der Waals surface area contributed by atoms with Gasteiger partial charge in [-0.05, 0) is 32.6 Å². The second kappa shape index (κ2) is 9.29. The van der Waals surface area contributed by atoms with Gasteiger partial charge in [-0.15, -0.1) is 6.58 Å². The Labute approximate surface area is 112 Å². The van der Waals surface area contributed by atoms with Gasteiger partial charge >= 0.3 is 0 Å². The predicted molar refractivity (Wildman–Crippen MR) is 77.8 cm³/mol. The monoisotopic (exact) mass is 252 g/mol. The van der Waals surface area contributed by atoms with E-state index in [2.05, 4.69) is 11.6 Å². The molecule has 0 aromatic rings. The summed E-state index contributed by atoms with van der Waals surface area (Å²) in [6, 6.07) is 0. The molecule has 0 saturated heterocycles. The zero-order valence-electron chi connectivity index (χ0n) is 11.7. The number of nitrogens with zero attached hydrogens (tertiary/aromatic N) is 2. The third kappa shape index (κ3) is 5.78. The van der Waals surface area contributed by atoms with Crippen LogP contribution < -0.4 is 0 Å². The molecule has 0 fully saturated rings. The summed E-state index contributed by atoms with van der Waals surface area (Å²) in [5, 5.41) is 9.58. The lowest BCUT2D eigenvalue weighted by Gasteiger charge is -2.25. The number of aliphatic hydroxyl groups is 1. The van der Waals surface area contributed by atoms with E-state index in [1.54, 1.807) is 0 Å². The number of allylic oxidation sites excluding steroid dienone is 1. The minimum atomic E-state index is -0.378. The topological polar surface area (TPSA) is 35.8 Å². The smallest absolute Gasteiger partial charge is 0.106 e. The van der Waals surface area contributed by atoms with Crippen molar-refractivity contribution in [1.82, 2.24) is 4.90 Å². The van der Waals surface area contributed by atoms with Crippen LogP contribution in [0.3, 0.4) is 0 Å². The minimum absolute atomic E-state index is 0.214. The van der Waals surface area contributed by atoms with E-state index in [4.69, 9.17) is 0 Å². The van der Waals surface area contributed by atoms with Gasteiger partial charge in [0.2, 0.25) is 0 Å². The van der Waals surface area contributed by atoms with Crippen LogP contribution in [0.15, 0.2) is 17.6 Å². The van der Waals surface area contributed by atoms with Crippen molar-refractivity contribution in [3.63, 3.8) is 0 Å². The fourth-order valence-corrected chi connectivity index (χ4v) is 2.44. The zero-order valence-corrected chi connectivity index (χ0v) is 11.7. The Kier molecular flexibility index (Phi) is 7.94. The fourth-order valence-electron chi connectivity index (χ4n) is 2.44. The highest BCUT2D eigenvalue weighted by Gasteiger charge is 2.23. The molecule has 0 saturated carbocycles. The molecule has 1 aliphatic heterocycles. The molecule has 0 aromatic heterocycles. The molecule has 1 aliphatic rings. The summed E-state index contributed by atoms with van der Waals surface area (Å²) >= 11 is 0. The summed E-state index contributed by atoms with van der Waals surface area (Å²) in [6.07, 6.45) is 13.8. The van der Waals surface area contributed by atoms with Crippen molar-refractivity contribution in [2.75, 3.05) is 6.54 Å². The van der Waals surface area contributed by atoms with Crippen LogP contribution in [0, 0.1) is 0 Å². The molecule has 1 rings (SSSR count). The van der Waals surface area contributed by atoms with Gasteiger partial charge in [-0.1, -0.05) is 31.8 Å². The summed E-state index contributed by atoms with van der Waals surface area (Å²) < 4.78 is 0. The molecule has 18 heavy (non-hydrogen) atoms. The van der Waals surface area contributed by atoms with Gasteiger partial charge in [-0.25, -0.2) is 0 Å². The van der Waals surface area contributed by atoms with Gasteiger partial charge in [0.25, 0.3) is 0 Å². The normalized spacial score (nSPS) is 21.3. The van der Waals surface area contributed by atoms with Crippen LogP contribution in [0.2, 0.25) is 0 Å². The van der Waals surface area contributed by atoms with Crippen LogP contribution in [-0.4, -0.2) is 35.2 Å². The van der Waals surface area contributed by atoms with Gasteiger partial charge in [-0.2, -0.15) is 0 Å². The quantitative estimate of drug-likeness (QED) is 0.478. The molecule has 104 valence electrons. The average molecular weight is 252 g/mol. The number of unbranched alkanes of at least 4 members (excludes halogenated alkanes) is 6. The number of hydrogen-bond acceptors (Lipinski definition) is 3. The third-order valence-electron chi connectivity index (χ3n) is 3.55. The molecule has 1 heterocycles. The van der Waals surface area contributed by atoms with Crippen molar-refractivity contribution in [3.8, 4) is 0 Å². The molecule has 0 radical (unpaired) electrons. The van der Waals surface area contributed by atoms with E-state index in [0.29, 0.717) is 0 Å². The van der Waals surface area contributed by atoms with Crippen LogP contribution in [-0.2, 0) is 0 Å². The van der Waals surface area contributed by atoms with E-state index in [-0.39, 0.29) is 12.4 Å². The lowest BCUT2D eigenvalue weighted by atomic mass is 10.1. The first-order valence-electron chi connectivity index (χ1n) is 7.32. The Balaban J connectivity index is 1.97. The number of rotatable bonds is 10. The highest BCUT2D eigenvalue weighted by atomic mass is 16.3. The standard InChI is InChI=1S/C15H28N2O/c1-3-4-5-6-7-8-9-10-11-15-16-12-13-17(15)14(2)18/h3,12,14-15,18H,1,4-11,13H2,2H3. The maximum absolute atomic E-state index is 9.58. The van der Waals surface area contributed by atoms with Gasteiger partial charge in [0.1, 0.15) is 12.4 Å². The Morgan fingerprint density at radius 3 is 2.67 bits per heavy atom. The minimum Gasteiger partial charge on any atom is -0.379 e. The molecular weight excluding hydrogens is 224 g/mol. The maximum Gasteiger partial charge on any atom is 0.106 e. The summed E-state index contributed by atoms with van der Waals surface area (Å²) in [7, 11) is 0. The summed E-state index contributed by atoms with van der Waals surface area (Å²) in [4.78, 5) is 6.47. The van der Waals surface area contributed by atoms with E-state index in [1.165, 1.54) is 38.5 Å². The predicted octanol–water partition coefficient (Wildman–Crippen LogP) is 3.34. The first-order chi connectivity index (χ1) is 8.75. The Bertz CT molecular complexity index is 251. The first-order valence-corrected chi connectivity index (χ1v) is 7.32. The summed E-state index contributed by atoms with van der Waals surface area (Å²) in [5.74, 6) is 0. The average Bonchev–Trinajstić information content (AvgIpc) is 2.81. The second-order valence-corrected chi connectivity index (χ2v) is 5.13. The first kappa shape index (κ1) is 15.4. The molecule has 3 nitrogen and oxygen atoms in total. The van der Waals surface area contributed by atoms with Gasteiger partial charge in [0, 0.05) is 12.8 Å². The van der Waals surface area contributed by atoms with Gasteiger partial charge in [-0.3, -0.25) is 9.89 Å². The van der Waals surface area contributed by atoms with Crippen LogP contribution in [0.25, 0.3) is 0 Å². The van der Waals surface area contributed by atoms with E-state index >= 15 is 0 Å². The molecule has 0 aliphatic carbocycles. The maximum atomic E-state index is 9.58. The molecular formula is C15H28N2O. The van der Waals surface area contributed by atoms with E-state index < -0.39 is 0 Å². The Morgan fingerprint density at radius 1 is 1.33 bits per heavy atom. The fraction of sp³-hybridized carbons (Fsp3) is 0.800. The summed E-state index contributed by atoms with van der Waals surface area (Å²) in [6.45, 7) is 6.35. The Morgan fingerprint density at radius 2 is 2.00 bits per heavy atom. The van der Waals surface area contributed by atoms with E-state index in [0.717, 1.165) is 19.4 Å². The van der Waals surface area contributed by atoms with Crippen molar-refractivity contribution in [2.24, 2.45) is 4.99 Å². The van der Waals surface area contributed by atoms with Crippen LogP contribution in [0.4, 0.5) is 0 Å². The van der Waals surface area contributed by atoms with Crippen molar-refractivity contribution in [1.29, 1.82) is 0 Å². The van der Waals surface area contributed by atoms with Crippen molar-refractivity contribution in [3.05, 3.63) is 12.7 Å². The SMILES string of the molecule is C=CCCCCCCCCC1N=CCN1C(C)O. The van der Waals surface area contributed by atoms with Gasteiger partial charge in [0.15, 0.2) is 0 Å². The second-order valence-electron chi connectivity index (χ2n) is 5.13. The number of aliphatic imine (C=N–C) groups is 1. The lowest BCUT2D eigenvalue weighted by Crippen LogP contribution is -2.37. The Hall–Kier alpha value is -0.670. The largest absolute Gasteiger partial charge is 0.379 e. The van der Waals surface area contributed by atoms with Crippen molar-refractivity contribution >= 4 is 6.21 Å². The highest BCUT2D eigenvalue weighted by Crippen LogP contribution is 2.17. The number of aliphatic hydroxyl groups excluding tert-OH is 1. The van der Waals surface area contributed by atoms with Crippen LogP contribution in [0.1, 0.15) is 58.3 Å². The molecule has 3 heteroatoms. The highest BCUT2D eigenvalue weighted by molar-refractivity contribution is 5.62. The molecule has 2 atom stereocenters. The molecule has 0 amide bonds. The molecule has 0 spiro atoms. The van der Waals surface area contributed by atoms with Gasteiger partial charge < -0.3 is 5.11 Å². The van der Waals surface area contributed by atoms with Gasteiger partial charge in [0.05, 0.1) is 0 Å².